The van der Waals surface area contributed by atoms with Gasteiger partial charge in [-0.2, -0.15) is 0 Å². The quantitative estimate of drug-likeness (QED) is 0.552. The van der Waals surface area contributed by atoms with Crippen molar-refractivity contribution in [2.24, 2.45) is 5.92 Å². The molecule has 1 saturated heterocycles. The maximum Gasteiger partial charge on any atom is 0.325 e. The van der Waals surface area contributed by atoms with Crippen LogP contribution in [0.15, 0.2) is 20.7 Å². The Balaban J connectivity index is 2.18. The molecule has 1 fully saturated rings. The van der Waals surface area contributed by atoms with Crippen LogP contribution >= 0.6 is 0 Å². The van der Waals surface area contributed by atoms with Crippen LogP contribution in [0.3, 0.4) is 0 Å². The average molecular weight is 302 g/mol. The lowest BCUT2D eigenvalue weighted by molar-refractivity contribution is 0.320. The highest BCUT2D eigenvalue weighted by molar-refractivity contribution is 7.89. The van der Waals surface area contributed by atoms with Crippen LogP contribution in [0.1, 0.15) is 19.8 Å². The van der Waals surface area contributed by atoms with E-state index in [0.717, 1.165) is 32.1 Å². The zero-order valence-corrected chi connectivity index (χ0v) is 11.9. The number of aromatic nitrogens is 2. The van der Waals surface area contributed by atoms with E-state index in [0.29, 0.717) is 0 Å². The highest BCUT2D eigenvalue weighted by Gasteiger charge is 2.26. The fourth-order valence-electron chi connectivity index (χ4n) is 2.31. The van der Waals surface area contributed by atoms with Crippen LogP contribution in [0.2, 0.25) is 0 Å². The fraction of sp³-hybridized carbons (Fsp3) is 0.636. The summed E-state index contributed by atoms with van der Waals surface area (Å²) in [5, 5.41) is 3.21. The summed E-state index contributed by atoms with van der Waals surface area (Å²) in [6, 6.07) is -0.292. The Kier molecular flexibility index (Phi) is 4.41. The van der Waals surface area contributed by atoms with Crippen molar-refractivity contribution >= 4 is 10.0 Å². The van der Waals surface area contributed by atoms with Crippen molar-refractivity contribution in [2.75, 3.05) is 13.1 Å². The molecule has 0 aromatic carbocycles. The van der Waals surface area contributed by atoms with E-state index >= 15 is 0 Å². The van der Waals surface area contributed by atoms with Gasteiger partial charge in [-0.05, 0) is 38.8 Å². The third kappa shape index (κ3) is 3.35. The SMILES string of the molecule is CC(NS(=O)(=O)c1c[nH]c(=O)[nH]c1=O)C1CCCNC1. The molecule has 0 amide bonds. The summed E-state index contributed by atoms with van der Waals surface area (Å²) in [6.07, 6.45) is 2.84. The molecule has 4 N–H and O–H groups in total. The molecule has 2 atom stereocenters. The molecule has 0 bridgehead atoms. The lowest BCUT2D eigenvalue weighted by atomic mass is 9.94. The molecule has 0 aliphatic carbocycles. The molecule has 2 rings (SSSR count). The average Bonchev–Trinajstić information content (AvgIpc) is 2.38. The number of piperidine rings is 1. The molecule has 1 aliphatic heterocycles. The minimum atomic E-state index is -3.95. The molecule has 8 nitrogen and oxygen atoms in total. The zero-order valence-electron chi connectivity index (χ0n) is 11.1. The maximum atomic E-state index is 12.1. The fourth-order valence-corrected chi connectivity index (χ4v) is 3.63. The van der Waals surface area contributed by atoms with E-state index in [4.69, 9.17) is 0 Å². The highest BCUT2D eigenvalue weighted by atomic mass is 32.2. The van der Waals surface area contributed by atoms with E-state index in [2.05, 4.69) is 15.0 Å². The van der Waals surface area contributed by atoms with Gasteiger partial charge >= 0.3 is 5.69 Å². The molecule has 1 aromatic heterocycles. The first-order valence-electron chi connectivity index (χ1n) is 6.45. The molecule has 0 spiro atoms. The number of nitrogens with one attached hydrogen (secondary N) is 4. The van der Waals surface area contributed by atoms with Gasteiger partial charge in [0.1, 0.15) is 0 Å². The first-order chi connectivity index (χ1) is 9.40. The summed E-state index contributed by atoms with van der Waals surface area (Å²) in [5.41, 5.74) is -1.66. The predicted octanol–water partition coefficient (Wildman–Crippen LogP) is -1.27. The van der Waals surface area contributed by atoms with Gasteiger partial charge < -0.3 is 10.3 Å². The van der Waals surface area contributed by atoms with Gasteiger partial charge in [-0.3, -0.25) is 9.78 Å². The minimum Gasteiger partial charge on any atom is -0.316 e. The molecule has 1 aromatic rings. The maximum absolute atomic E-state index is 12.1. The number of H-pyrrole nitrogens is 2. The third-order valence-electron chi connectivity index (χ3n) is 3.46. The van der Waals surface area contributed by atoms with Gasteiger partial charge in [0.2, 0.25) is 10.0 Å². The van der Waals surface area contributed by atoms with E-state index in [1.165, 1.54) is 0 Å². The van der Waals surface area contributed by atoms with Crippen LogP contribution in [0.4, 0.5) is 0 Å². The minimum absolute atomic E-state index is 0.181. The van der Waals surface area contributed by atoms with Crippen molar-refractivity contribution < 1.29 is 8.42 Å². The summed E-state index contributed by atoms with van der Waals surface area (Å²) in [6.45, 7) is 3.45. The van der Waals surface area contributed by atoms with Crippen LogP contribution in [0.25, 0.3) is 0 Å². The van der Waals surface area contributed by atoms with E-state index in [1.807, 2.05) is 4.98 Å². The zero-order chi connectivity index (χ0) is 14.8. The topological polar surface area (TPSA) is 124 Å². The summed E-state index contributed by atoms with van der Waals surface area (Å²) in [5.74, 6) is 0.181. The Labute approximate surface area is 116 Å². The van der Waals surface area contributed by atoms with Gasteiger partial charge in [-0.1, -0.05) is 0 Å². The van der Waals surface area contributed by atoms with Crippen molar-refractivity contribution in [3.05, 3.63) is 27.0 Å². The van der Waals surface area contributed by atoms with E-state index in [1.54, 1.807) is 6.92 Å². The lowest BCUT2D eigenvalue weighted by Crippen LogP contribution is -2.45. The van der Waals surface area contributed by atoms with Gasteiger partial charge in [0.25, 0.3) is 5.56 Å². The Morgan fingerprint density at radius 1 is 1.40 bits per heavy atom. The van der Waals surface area contributed by atoms with Gasteiger partial charge in [0, 0.05) is 12.2 Å². The van der Waals surface area contributed by atoms with E-state index in [9.17, 15) is 18.0 Å². The van der Waals surface area contributed by atoms with Crippen molar-refractivity contribution in [3.63, 3.8) is 0 Å². The second kappa shape index (κ2) is 5.90. The Hall–Kier alpha value is -1.45. The van der Waals surface area contributed by atoms with E-state index in [-0.39, 0.29) is 12.0 Å². The first kappa shape index (κ1) is 14.9. The number of rotatable bonds is 4. The van der Waals surface area contributed by atoms with Gasteiger partial charge in [-0.15, -0.1) is 0 Å². The van der Waals surface area contributed by atoms with Crippen molar-refractivity contribution in [2.45, 2.75) is 30.7 Å². The Bertz CT molecular complexity index is 672. The third-order valence-corrected chi connectivity index (χ3v) is 5.02. The Morgan fingerprint density at radius 2 is 2.15 bits per heavy atom. The second-order valence-corrected chi connectivity index (χ2v) is 6.63. The number of sulfonamides is 1. The van der Waals surface area contributed by atoms with Gasteiger partial charge in [0.15, 0.2) is 4.90 Å². The normalized spacial score (nSPS) is 21.6. The number of hydrogen-bond donors (Lipinski definition) is 4. The standard InChI is InChI=1S/C11H18N4O4S/c1-7(8-3-2-4-12-5-8)15-20(18,19)9-6-13-11(17)14-10(9)16/h6-8,12,15H,2-5H2,1H3,(H2,13,14,16,17). The smallest absolute Gasteiger partial charge is 0.316 e. The molecule has 2 heterocycles. The van der Waals surface area contributed by atoms with Crippen LogP contribution in [0.5, 0.6) is 0 Å². The largest absolute Gasteiger partial charge is 0.325 e. The molecule has 0 radical (unpaired) electrons. The number of hydrogen-bond acceptors (Lipinski definition) is 5. The van der Waals surface area contributed by atoms with Crippen LogP contribution < -0.4 is 21.3 Å². The predicted molar refractivity (Wildman–Crippen MR) is 73.1 cm³/mol. The monoisotopic (exact) mass is 302 g/mol. The summed E-state index contributed by atoms with van der Waals surface area (Å²) < 4.78 is 26.8. The van der Waals surface area contributed by atoms with Crippen molar-refractivity contribution in [3.8, 4) is 0 Å². The van der Waals surface area contributed by atoms with Gasteiger partial charge in [0.05, 0.1) is 0 Å². The van der Waals surface area contributed by atoms with Crippen molar-refractivity contribution in [1.82, 2.24) is 20.0 Å². The first-order valence-corrected chi connectivity index (χ1v) is 7.93. The van der Waals surface area contributed by atoms with Crippen molar-refractivity contribution in [1.29, 1.82) is 0 Å². The molecule has 112 valence electrons. The molecule has 2 unspecified atom stereocenters. The number of aromatic amines is 2. The van der Waals surface area contributed by atoms with Crippen LogP contribution in [-0.2, 0) is 10.0 Å². The summed E-state index contributed by atoms with van der Waals surface area (Å²) >= 11 is 0. The molecule has 20 heavy (non-hydrogen) atoms. The van der Waals surface area contributed by atoms with Crippen LogP contribution in [0, 0.1) is 5.92 Å². The summed E-state index contributed by atoms with van der Waals surface area (Å²) in [7, 11) is -3.95. The lowest BCUT2D eigenvalue weighted by Gasteiger charge is -2.28. The van der Waals surface area contributed by atoms with E-state index < -0.39 is 26.2 Å². The molecular weight excluding hydrogens is 284 g/mol. The highest BCUT2D eigenvalue weighted by Crippen LogP contribution is 2.15. The Morgan fingerprint density at radius 3 is 2.75 bits per heavy atom. The molecule has 9 heteroatoms. The summed E-state index contributed by atoms with van der Waals surface area (Å²) in [4.78, 5) is 26.0. The van der Waals surface area contributed by atoms with Crippen LogP contribution in [-0.4, -0.2) is 37.5 Å². The molecule has 0 saturated carbocycles. The molecule has 1 aliphatic rings. The van der Waals surface area contributed by atoms with Gasteiger partial charge in [-0.25, -0.2) is 17.9 Å². The molecular formula is C11H18N4O4S. The second-order valence-electron chi connectivity index (χ2n) is 4.95.